The van der Waals surface area contributed by atoms with Gasteiger partial charge in [-0.15, -0.1) is 11.3 Å². The first-order valence-electron chi connectivity index (χ1n) is 5.42. The fourth-order valence-corrected chi connectivity index (χ4v) is 2.59. The second kappa shape index (κ2) is 5.88. The largest absolute Gasteiger partial charge is 0.271 e. The second-order valence-electron chi connectivity index (χ2n) is 3.95. The first kappa shape index (κ1) is 13.6. The Labute approximate surface area is 117 Å². The third kappa shape index (κ3) is 3.14. The van der Waals surface area contributed by atoms with E-state index in [2.05, 4.69) is 26.3 Å². The van der Waals surface area contributed by atoms with Gasteiger partial charge >= 0.3 is 0 Å². The van der Waals surface area contributed by atoms with Crippen LogP contribution in [-0.4, -0.2) is 4.98 Å². The average molecular weight is 330 g/mol. The lowest BCUT2D eigenvalue weighted by Gasteiger charge is -2.15. The zero-order valence-corrected chi connectivity index (χ0v) is 12.2. The van der Waals surface area contributed by atoms with Crippen LogP contribution < -0.4 is 11.3 Å². The first-order chi connectivity index (χ1) is 8.60. The van der Waals surface area contributed by atoms with Crippen molar-refractivity contribution in [3.05, 3.63) is 50.1 Å². The van der Waals surface area contributed by atoms with Crippen LogP contribution in [0.1, 0.15) is 22.3 Å². The number of rotatable bonds is 4. The summed E-state index contributed by atoms with van der Waals surface area (Å²) in [6.07, 6.45) is 0.641. The van der Waals surface area contributed by atoms with Crippen molar-refractivity contribution >= 4 is 27.3 Å². The van der Waals surface area contributed by atoms with E-state index >= 15 is 0 Å². The predicted molar refractivity (Wildman–Crippen MR) is 74.7 cm³/mol. The third-order valence-corrected chi connectivity index (χ3v) is 4.09. The Balaban J connectivity index is 2.19. The van der Waals surface area contributed by atoms with Gasteiger partial charge in [-0.1, -0.05) is 6.07 Å². The van der Waals surface area contributed by atoms with E-state index in [0.717, 1.165) is 16.3 Å². The van der Waals surface area contributed by atoms with Crippen molar-refractivity contribution in [2.24, 2.45) is 5.84 Å². The Kier molecular flexibility index (Phi) is 4.45. The highest BCUT2D eigenvalue weighted by molar-refractivity contribution is 9.10. The van der Waals surface area contributed by atoms with E-state index < -0.39 is 0 Å². The van der Waals surface area contributed by atoms with Gasteiger partial charge in [-0.3, -0.25) is 11.3 Å². The number of nitrogens with one attached hydrogen (secondary N) is 1. The van der Waals surface area contributed by atoms with Gasteiger partial charge in [0.2, 0.25) is 0 Å². The van der Waals surface area contributed by atoms with Crippen LogP contribution in [0.25, 0.3) is 0 Å². The van der Waals surface area contributed by atoms with Crippen molar-refractivity contribution in [2.45, 2.75) is 19.4 Å². The molecular formula is C12H13BrFN3S. The predicted octanol–water partition coefficient (Wildman–Crippen LogP) is 3.10. The maximum absolute atomic E-state index is 13.5. The van der Waals surface area contributed by atoms with Crippen LogP contribution in [-0.2, 0) is 6.42 Å². The molecule has 3 nitrogen and oxygen atoms in total. The van der Waals surface area contributed by atoms with Crippen LogP contribution >= 0.6 is 27.3 Å². The summed E-state index contributed by atoms with van der Waals surface area (Å²) in [5.41, 5.74) is 4.48. The number of benzene rings is 1. The molecule has 0 bridgehead atoms. The molecule has 0 aliphatic heterocycles. The Morgan fingerprint density at radius 3 is 2.89 bits per heavy atom. The number of thiazole rings is 1. The van der Waals surface area contributed by atoms with Gasteiger partial charge in [-0.2, -0.15) is 0 Å². The molecule has 0 aliphatic carbocycles. The Bertz CT molecular complexity index is 544. The Hall–Kier alpha value is -0.820. The van der Waals surface area contributed by atoms with Crippen molar-refractivity contribution < 1.29 is 4.39 Å². The van der Waals surface area contributed by atoms with Gasteiger partial charge in [0, 0.05) is 11.8 Å². The summed E-state index contributed by atoms with van der Waals surface area (Å²) in [5.74, 6) is 5.25. The standard InChI is InChI=1S/C12H13BrFN3S/c1-7-16-9(6-18-7)5-12(17-15)8-2-3-10(13)11(14)4-8/h2-4,6,12,17H,5,15H2,1H3. The Morgan fingerprint density at radius 1 is 1.56 bits per heavy atom. The zero-order valence-electron chi connectivity index (χ0n) is 9.78. The first-order valence-corrected chi connectivity index (χ1v) is 7.09. The summed E-state index contributed by atoms with van der Waals surface area (Å²) in [4.78, 5) is 4.38. The molecule has 0 amide bonds. The van der Waals surface area contributed by atoms with Crippen LogP contribution in [0.2, 0.25) is 0 Å². The van der Waals surface area contributed by atoms with E-state index in [1.54, 1.807) is 17.4 Å². The number of nitrogens with two attached hydrogens (primary N) is 1. The average Bonchev–Trinajstić information content (AvgIpc) is 2.75. The molecule has 0 aliphatic rings. The van der Waals surface area contributed by atoms with Crippen LogP contribution in [0.4, 0.5) is 4.39 Å². The minimum Gasteiger partial charge on any atom is -0.271 e. The summed E-state index contributed by atoms with van der Waals surface area (Å²) in [7, 11) is 0. The molecule has 0 fully saturated rings. The van der Waals surface area contributed by atoms with Gasteiger partial charge in [-0.25, -0.2) is 9.37 Å². The quantitative estimate of drug-likeness (QED) is 0.669. The Morgan fingerprint density at radius 2 is 2.33 bits per heavy atom. The molecule has 0 saturated heterocycles. The summed E-state index contributed by atoms with van der Waals surface area (Å²) < 4.78 is 13.9. The molecule has 3 N–H and O–H groups in total. The lowest BCUT2D eigenvalue weighted by molar-refractivity contribution is 0.539. The minimum atomic E-state index is -0.290. The summed E-state index contributed by atoms with van der Waals surface area (Å²) in [6, 6.07) is 4.86. The molecule has 6 heteroatoms. The van der Waals surface area contributed by atoms with E-state index in [1.807, 2.05) is 18.4 Å². The van der Waals surface area contributed by atoms with E-state index in [0.29, 0.717) is 10.9 Å². The number of aryl methyl sites for hydroxylation is 1. The van der Waals surface area contributed by atoms with Crippen LogP contribution in [0.15, 0.2) is 28.1 Å². The molecule has 2 rings (SSSR count). The van der Waals surface area contributed by atoms with E-state index in [-0.39, 0.29) is 11.9 Å². The van der Waals surface area contributed by atoms with Gasteiger partial charge in [0.05, 0.1) is 21.2 Å². The summed E-state index contributed by atoms with van der Waals surface area (Å²) in [5, 5.41) is 3.01. The molecule has 1 atom stereocenters. The van der Waals surface area contributed by atoms with E-state index in [1.165, 1.54) is 6.07 Å². The molecule has 2 aromatic rings. The highest BCUT2D eigenvalue weighted by atomic mass is 79.9. The van der Waals surface area contributed by atoms with Gasteiger partial charge in [0.25, 0.3) is 0 Å². The van der Waals surface area contributed by atoms with E-state index in [9.17, 15) is 4.39 Å². The zero-order chi connectivity index (χ0) is 13.1. The lowest BCUT2D eigenvalue weighted by Crippen LogP contribution is -2.29. The normalized spacial score (nSPS) is 12.7. The van der Waals surface area contributed by atoms with Crippen molar-refractivity contribution in [1.29, 1.82) is 0 Å². The van der Waals surface area contributed by atoms with Gasteiger partial charge < -0.3 is 0 Å². The molecule has 18 heavy (non-hydrogen) atoms. The fraction of sp³-hybridized carbons (Fsp3) is 0.250. The third-order valence-electron chi connectivity index (χ3n) is 2.63. The van der Waals surface area contributed by atoms with Crippen molar-refractivity contribution in [2.75, 3.05) is 0 Å². The molecule has 96 valence electrons. The monoisotopic (exact) mass is 329 g/mol. The van der Waals surface area contributed by atoms with Crippen molar-refractivity contribution in [3.63, 3.8) is 0 Å². The number of hydrazine groups is 1. The van der Waals surface area contributed by atoms with Crippen molar-refractivity contribution in [3.8, 4) is 0 Å². The molecule has 1 heterocycles. The van der Waals surface area contributed by atoms with Gasteiger partial charge in [0.15, 0.2) is 0 Å². The van der Waals surface area contributed by atoms with Gasteiger partial charge in [0.1, 0.15) is 5.82 Å². The molecule has 1 aromatic heterocycles. The highest BCUT2D eigenvalue weighted by Gasteiger charge is 2.14. The van der Waals surface area contributed by atoms with Crippen LogP contribution in [0.5, 0.6) is 0 Å². The van der Waals surface area contributed by atoms with Crippen molar-refractivity contribution in [1.82, 2.24) is 10.4 Å². The second-order valence-corrected chi connectivity index (χ2v) is 5.87. The summed E-state index contributed by atoms with van der Waals surface area (Å²) in [6.45, 7) is 1.96. The van der Waals surface area contributed by atoms with Crippen LogP contribution in [0, 0.1) is 12.7 Å². The maximum Gasteiger partial charge on any atom is 0.137 e. The smallest absolute Gasteiger partial charge is 0.137 e. The van der Waals surface area contributed by atoms with Crippen LogP contribution in [0.3, 0.4) is 0 Å². The SMILES string of the molecule is Cc1nc(CC(NN)c2ccc(Br)c(F)c2)cs1. The molecular weight excluding hydrogens is 317 g/mol. The van der Waals surface area contributed by atoms with Gasteiger partial charge in [-0.05, 0) is 40.5 Å². The lowest BCUT2D eigenvalue weighted by atomic mass is 10.0. The number of nitrogens with zero attached hydrogens (tertiary/aromatic N) is 1. The topological polar surface area (TPSA) is 50.9 Å². The molecule has 0 spiro atoms. The maximum atomic E-state index is 13.5. The van der Waals surface area contributed by atoms with E-state index in [4.69, 9.17) is 5.84 Å². The number of aromatic nitrogens is 1. The number of hydrogen-bond donors (Lipinski definition) is 2. The molecule has 0 saturated carbocycles. The number of halogens is 2. The fourth-order valence-electron chi connectivity index (χ4n) is 1.71. The summed E-state index contributed by atoms with van der Waals surface area (Å²) >= 11 is 4.73. The molecule has 1 aromatic carbocycles. The highest BCUT2D eigenvalue weighted by Crippen LogP contribution is 2.23. The molecule has 1 unspecified atom stereocenters. The number of hydrogen-bond acceptors (Lipinski definition) is 4. The minimum absolute atomic E-state index is 0.144. The molecule has 0 radical (unpaired) electrons.